The molecule has 0 aliphatic carbocycles. The third kappa shape index (κ3) is 5.22. The summed E-state index contributed by atoms with van der Waals surface area (Å²) in [6.45, 7) is 2.08. The van der Waals surface area contributed by atoms with Crippen LogP contribution >= 0.6 is 11.6 Å². The number of rotatable bonds is 8. The van der Waals surface area contributed by atoms with Crippen molar-refractivity contribution < 1.29 is 13.2 Å². The smallest absolute Gasteiger partial charge is 0.266 e. The van der Waals surface area contributed by atoms with Crippen LogP contribution in [-0.2, 0) is 14.8 Å². The van der Waals surface area contributed by atoms with E-state index >= 15 is 0 Å². The zero-order valence-electron chi connectivity index (χ0n) is 11.3. The fourth-order valence-electron chi connectivity index (χ4n) is 1.41. The van der Waals surface area contributed by atoms with Crippen LogP contribution in [0, 0.1) is 0 Å². The average molecular weight is 324 g/mol. The predicted octanol–water partition coefficient (Wildman–Crippen LogP) is -0.115. The maximum absolute atomic E-state index is 12.0. The van der Waals surface area contributed by atoms with Gasteiger partial charge in [0.25, 0.3) is 5.56 Å². The Hall–Kier alpha value is -0.930. The van der Waals surface area contributed by atoms with Crippen molar-refractivity contribution in [3.05, 3.63) is 27.6 Å². The molecule has 20 heavy (non-hydrogen) atoms. The van der Waals surface area contributed by atoms with Crippen LogP contribution in [0.25, 0.3) is 0 Å². The standard InChI is InChI=1S/C11H18ClN3O4S/c1-15(5-6-19-2)4-3-14-20(17,18)9-7-10(12)11(16)13-8-9/h7-8,14H,3-6H2,1-2H3,(H,13,16). The third-order valence-electron chi connectivity index (χ3n) is 2.60. The number of methoxy groups -OCH3 is 1. The molecule has 9 heteroatoms. The second kappa shape index (κ2) is 7.75. The molecule has 0 radical (unpaired) electrons. The van der Waals surface area contributed by atoms with Crippen LogP contribution < -0.4 is 10.3 Å². The van der Waals surface area contributed by atoms with Crippen LogP contribution in [0.3, 0.4) is 0 Å². The Morgan fingerprint density at radius 1 is 1.45 bits per heavy atom. The van der Waals surface area contributed by atoms with Crippen molar-refractivity contribution in [3.63, 3.8) is 0 Å². The third-order valence-corrected chi connectivity index (χ3v) is 4.33. The van der Waals surface area contributed by atoms with Crippen LogP contribution in [0.4, 0.5) is 0 Å². The first-order chi connectivity index (χ1) is 9.36. The SMILES string of the molecule is COCCN(C)CCNS(=O)(=O)c1c[nH]c(=O)c(Cl)c1. The number of likely N-dealkylation sites (N-methyl/N-ethyl adjacent to an activating group) is 1. The maximum atomic E-state index is 12.0. The van der Waals surface area contributed by atoms with E-state index in [1.165, 1.54) is 0 Å². The highest BCUT2D eigenvalue weighted by Crippen LogP contribution is 2.09. The Kier molecular flexibility index (Phi) is 6.63. The van der Waals surface area contributed by atoms with E-state index in [1.807, 2.05) is 11.9 Å². The molecule has 0 aliphatic rings. The molecule has 2 N–H and O–H groups in total. The first-order valence-corrected chi connectivity index (χ1v) is 7.78. The van der Waals surface area contributed by atoms with E-state index in [-0.39, 0.29) is 16.5 Å². The van der Waals surface area contributed by atoms with Gasteiger partial charge in [-0.05, 0) is 13.1 Å². The minimum Gasteiger partial charge on any atom is -0.383 e. The molecule has 0 spiro atoms. The summed E-state index contributed by atoms with van der Waals surface area (Å²) in [5.41, 5.74) is -0.523. The lowest BCUT2D eigenvalue weighted by Crippen LogP contribution is -2.34. The largest absolute Gasteiger partial charge is 0.383 e. The van der Waals surface area contributed by atoms with Gasteiger partial charge in [0.1, 0.15) is 5.02 Å². The molecule has 1 aromatic heterocycles. The molecule has 0 amide bonds. The van der Waals surface area contributed by atoms with Gasteiger partial charge in [-0.2, -0.15) is 0 Å². The second-order valence-electron chi connectivity index (χ2n) is 4.21. The predicted molar refractivity (Wildman–Crippen MR) is 76.6 cm³/mol. The highest BCUT2D eigenvalue weighted by Gasteiger charge is 2.15. The number of sulfonamides is 1. The van der Waals surface area contributed by atoms with Crippen molar-refractivity contribution in [2.75, 3.05) is 40.4 Å². The fraction of sp³-hybridized carbons (Fsp3) is 0.545. The average Bonchev–Trinajstić information content (AvgIpc) is 2.39. The van der Waals surface area contributed by atoms with Crippen molar-refractivity contribution in [2.24, 2.45) is 0 Å². The number of nitrogens with zero attached hydrogens (tertiary/aromatic N) is 1. The van der Waals surface area contributed by atoms with Gasteiger partial charge in [-0.25, -0.2) is 13.1 Å². The molecule has 0 fully saturated rings. The second-order valence-corrected chi connectivity index (χ2v) is 6.38. The normalized spacial score (nSPS) is 12.0. The number of ether oxygens (including phenoxy) is 1. The molecule has 1 heterocycles. The summed E-state index contributed by atoms with van der Waals surface area (Å²) >= 11 is 5.60. The van der Waals surface area contributed by atoms with E-state index in [1.54, 1.807) is 7.11 Å². The molecule has 1 aromatic rings. The lowest BCUT2D eigenvalue weighted by molar-refractivity contribution is 0.162. The number of H-pyrrole nitrogens is 1. The topological polar surface area (TPSA) is 91.5 Å². The van der Waals surface area contributed by atoms with Crippen molar-refractivity contribution in [1.29, 1.82) is 0 Å². The summed E-state index contributed by atoms with van der Waals surface area (Å²) in [5, 5.41) is -0.162. The highest BCUT2D eigenvalue weighted by atomic mass is 35.5. The van der Waals surface area contributed by atoms with E-state index in [4.69, 9.17) is 16.3 Å². The number of hydrogen-bond donors (Lipinski definition) is 2. The zero-order chi connectivity index (χ0) is 15.2. The molecule has 0 atom stereocenters. The zero-order valence-corrected chi connectivity index (χ0v) is 12.9. The Morgan fingerprint density at radius 3 is 2.75 bits per heavy atom. The van der Waals surface area contributed by atoms with Gasteiger partial charge in [0.05, 0.1) is 11.5 Å². The van der Waals surface area contributed by atoms with Gasteiger partial charge in [-0.1, -0.05) is 11.6 Å². The highest BCUT2D eigenvalue weighted by molar-refractivity contribution is 7.89. The van der Waals surface area contributed by atoms with Crippen LogP contribution in [0.5, 0.6) is 0 Å². The summed E-state index contributed by atoms with van der Waals surface area (Å²) in [5.74, 6) is 0. The monoisotopic (exact) mass is 323 g/mol. The Balaban J connectivity index is 2.57. The maximum Gasteiger partial charge on any atom is 0.266 e. The van der Waals surface area contributed by atoms with Crippen molar-refractivity contribution in [2.45, 2.75) is 4.90 Å². The van der Waals surface area contributed by atoms with Crippen molar-refractivity contribution in [3.8, 4) is 0 Å². The summed E-state index contributed by atoms with van der Waals surface area (Å²) in [6.07, 6.45) is 1.12. The van der Waals surface area contributed by atoms with Gasteiger partial charge in [0, 0.05) is 32.9 Å². The van der Waals surface area contributed by atoms with Crippen molar-refractivity contribution >= 4 is 21.6 Å². The van der Waals surface area contributed by atoms with Crippen molar-refractivity contribution in [1.82, 2.24) is 14.6 Å². The number of halogens is 1. The van der Waals surface area contributed by atoms with E-state index in [0.29, 0.717) is 19.7 Å². The van der Waals surface area contributed by atoms with Crippen LogP contribution in [0.1, 0.15) is 0 Å². The number of nitrogens with one attached hydrogen (secondary N) is 2. The van der Waals surface area contributed by atoms with Crippen LogP contribution in [0.15, 0.2) is 22.0 Å². The molecule has 0 saturated carbocycles. The van der Waals surface area contributed by atoms with E-state index < -0.39 is 15.6 Å². The minimum absolute atomic E-state index is 0.0679. The van der Waals surface area contributed by atoms with Gasteiger partial charge in [0.15, 0.2) is 0 Å². The minimum atomic E-state index is -3.68. The van der Waals surface area contributed by atoms with Gasteiger partial charge in [-0.15, -0.1) is 0 Å². The Morgan fingerprint density at radius 2 is 2.15 bits per heavy atom. The lowest BCUT2D eigenvalue weighted by Gasteiger charge is -2.16. The van der Waals surface area contributed by atoms with Gasteiger partial charge in [0.2, 0.25) is 10.0 Å². The molecular formula is C11H18ClN3O4S. The van der Waals surface area contributed by atoms with E-state index in [2.05, 4.69) is 9.71 Å². The van der Waals surface area contributed by atoms with Gasteiger partial charge in [-0.3, -0.25) is 4.79 Å². The summed E-state index contributed by atoms with van der Waals surface area (Å²) in [4.78, 5) is 15.2. The molecule has 114 valence electrons. The fourth-order valence-corrected chi connectivity index (χ4v) is 2.66. The van der Waals surface area contributed by atoms with Crippen LogP contribution in [-0.4, -0.2) is 58.7 Å². The summed E-state index contributed by atoms with van der Waals surface area (Å²) in [6, 6.07) is 1.12. The van der Waals surface area contributed by atoms with E-state index in [0.717, 1.165) is 12.3 Å². The molecule has 0 aromatic carbocycles. The molecule has 0 bridgehead atoms. The Bertz CT molecular complexity index is 588. The molecule has 0 unspecified atom stereocenters. The summed E-state index contributed by atoms with van der Waals surface area (Å²) < 4.78 is 31.3. The van der Waals surface area contributed by atoms with Gasteiger partial charge >= 0.3 is 0 Å². The molecule has 0 aliphatic heterocycles. The number of hydrogen-bond acceptors (Lipinski definition) is 5. The molecule has 1 rings (SSSR count). The quantitative estimate of drug-likeness (QED) is 0.696. The summed E-state index contributed by atoms with van der Waals surface area (Å²) in [7, 11) is -0.205. The molecular weight excluding hydrogens is 306 g/mol. The molecule has 0 saturated heterocycles. The van der Waals surface area contributed by atoms with E-state index in [9.17, 15) is 13.2 Å². The first-order valence-electron chi connectivity index (χ1n) is 5.92. The number of pyridine rings is 1. The van der Waals surface area contributed by atoms with Crippen LogP contribution in [0.2, 0.25) is 5.02 Å². The Labute approximate surface area is 122 Å². The number of aromatic amines is 1. The number of aromatic nitrogens is 1. The molecule has 7 nitrogen and oxygen atoms in total. The lowest BCUT2D eigenvalue weighted by atomic mass is 10.5. The van der Waals surface area contributed by atoms with Gasteiger partial charge < -0.3 is 14.6 Å². The first kappa shape index (κ1) is 17.1.